The van der Waals surface area contributed by atoms with E-state index in [2.05, 4.69) is 4.98 Å². The van der Waals surface area contributed by atoms with Gasteiger partial charge in [-0.25, -0.2) is 4.98 Å². The minimum Gasteiger partial charge on any atom is -0.384 e. The number of rotatable bonds is 0. The molecule has 0 spiro atoms. The number of hydrogen-bond donors (Lipinski definition) is 1. The number of pyridine rings is 1. The standard InChI is InChI=1S/C6H8N2.2C2H6/c1-5-2-3-6(7)8-4-5;2*1-2/h2-4H,1H3,(H2,7,8);2*1-2H3. The molecule has 0 aliphatic carbocycles. The zero-order valence-electron chi connectivity index (χ0n) is 8.76. The first-order valence-electron chi connectivity index (χ1n) is 4.47. The molecule has 2 heteroatoms. The van der Waals surface area contributed by atoms with Crippen LogP contribution in [0.1, 0.15) is 33.3 Å². The predicted octanol–water partition coefficient (Wildman–Crippen LogP) is 3.02. The van der Waals surface area contributed by atoms with E-state index in [1.807, 2.05) is 40.7 Å². The van der Waals surface area contributed by atoms with Crippen LogP contribution in [0.3, 0.4) is 0 Å². The summed E-state index contributed by atoms with van der Waals surface area (Å²) in [7, 11) is 0. The van der Waals surface area contributed by atoms with E-state index in [1.165, 1.54) is 0 Å². The predicted molar refractivity (Wildman–Crippen MR) is 56.1 cm³/mol. The van der Waals surface area contributed by atoms with Crippen molar-refractivity contribution in [3.05, 3.63) is 23.9 Å². The molecule has 0 aromatic carbocycles. The normalized spacial score (nSPS) is 7.08. The van der Waals surface area contributed by atoms with Crippen molar-refractivity contribution in [2.24, 2.45) is 0 Å². The van der Waals surface area contributed by atoms with Crippen LogP contribution >= 0.6 is 0 Å². The fourth-order valence-corrected chi connectivity index (χ4v) is 0.479. The van der Waals surface area contributed by atoms with Gasteiger partial charge in [0.2, 0.25) is 0 Å². The third kappa shape index (κ3) is 7.06. The SMILES string of the molecule is CC.CC.Cc1ccc(N)nc1. The van der Waals surface area contributed by atoms with Gasteiger partial charge >= 0.3 is 0 Å². The molecule has 0 atom stereocenters. The second-order valence-corrected chi connectivity index (χ2v) is 1.76. The molecule has 2 N–H and O–H groups in total. The van der Waals surface area contributed by atoms with Gasteiger partial charge in [-0.1, -0.05) is 33.8 Å². The molecule has 0 fully saturated rings. The molecule has 0 unspecified atom stereocenters. The van der Waals surface area contributed by atoms with Crippen LogP contribution in [0.25, 0.3) is 0 Å². The summed E-state index contributed by atoms with van der Waals surface area (Å²) in [6.45, 7) is 9.98. The summed E-state index contributed by atoms with van der Waals surface area (Å²) in [5, 5.41) is 0. The number of aryl methyl sites for hydroxylation is 1. The summed E-state index contributed by atoms with van der Waals surface area (Å²) in [6.07, 6.45) is 1.75. The van der Waals surface area contributed by atoms with Gasteiger partial charge in [0.05, 0.1) is 0 Å². The van der Waals surface area contributed by atoms with Gasteiger partial charge in [0.15, 0.2) is 0 Å². The molecule has 0 saturated heterocycles. The number of anilines is 1. The summed E-state index contributed by atoms with van der Waals surface area (Å²) in [5.41, 5.74) is 6.45. The van der Waals surface area contributed by atoms with Gasteiger partial charge in [-0.3, -0.25) is 0 Å². The van der Waals surface area contributed by atoms with Crippen LogP contribution in [0, 0.1) is 6.92 Å². The second-order valence-electron chi connectivity index (χ2n) is 1.76. The number of aromatic nitrogens is 1. The summed E-state index contributed by atoms with van der Waals surface area (Å²) in [4.78, 5) is 3.86. The highest BCUT2D eigenvalue weighted by Crippen LogP contribution is 1.97. The molecule has 1 aromatic heterocycles. The largest absolute Gasteiger partial charge is 0.384 e. The quantitative estimate of drug-likeness (QED) is 0.646. The van der Waals surface area contributed by atoms with Crippen molar-refractivity contribution in [2.75, 3.05) is 5.73 Å². The highest BCUT2D eigenvalue weighted by molar-refractivity contribution is 5.28. The van der Waals surface area contributed by atoms with Crippen LogP contribution in [0.15, 0.2) is 18.3 Å². The molecule has 1 heterocycles. The van der Waals surface area contributed by atoms with Gasteiger partial charge in [0, 0.05) is 6.20 Å². The molecule has 0 aliphatic rings. The average Bonchev–Trinajstić information content (AvgIpc) is 2.17. The molecule has 0 amide bonds. The van der Waals surface area contributed by atoms with E-state index in [9.17, 15) is 0 Å². The Kier molecular flexibility index (Phi) is 11.2. The Morgan fingerprint density at radius 3 is 1.83 bits per heavy atom. The Hall–Kier alpha value is -1.05. The summed E-state index contributed by atoms with van der Waals surface area (Å²) in [5.74, 6) is 0.579. The van der Waals surface area contributed by atoms with Crippen molar-refractivity contribution in [3.8, 4) is 0 Å². The molecule has 1 aromatic rings. The third-order valence-corrected chi connectivity index (χ3v) is 0.934. The molecule has 1 rings (SSSR count). The van der Waals surface area contributed by atoms with Crippen molar-refractivity contribution < 1.29 is 0 Å². The first-order chi connectivity index (χ1) is 5.79. The zero-order valence-corrected chi connectivity index (χ0v) is 8.76. The summed E-state index contributed by atoms with van der Waals surface area (Å²) in [6, 6.07) is 3.72. The third-order valence-electron chi connectivity index (χ3n) is 0.934. The Morgan fingerprint density at radius 2 is 1.58 bits per heavy atom. The lowest BCUT2D eigenvalue weighted by molar-refractivity contribution is 1.28. The lowest BCUT2D eigenvalue weighted by Crippen LogP contribution is -1.87. The molecular formula is C10H20N2. The van der Waals surface area contributed by atoms with Crippen LogP contribution in [-0.4, -0.2) is 4.98 Å². The van der Waals surface area contributed by atoms with Crippen molar-refractivity contribution in [3.63, 3.8) is 0 Å². The monoisotopic (exact) mass is 168 g/mol. The maximum absolute atomic E-state index is 5.32. The Balaban J connectivity index is 0. The van der Waals surface area contributed by atoms with Crippen molar-refractivity contribution in [2.45, 2.75) is 34.6 Å². The van der Waals surface area contributed by atoms with Gasteiger partial charge in [-0.05, 0) is 18.6 Å². The van der Waals surface area contributed by atoms with E-state index in [1.54, 1.807) is 12.3 Å². The van der Waals surface area contributed by atoms with E-state index < -0.39 is 0 Å². The van der Waals surface area contributed by atoms with Crippen molar-refractivity contribution >= 4 is 5.82 Å². The molecule has 12 heavy (non-hydrogen) atoms. The van der Waals surface area contributed by atoms with Gasteiger partial charge < -0.3 is 5.73 Å². The van der Waals surface area contributed by atoms with E-state index >= 15 is 0 Å². The van der Waals surface area contributed by atoms with Gasteiger partial charge in [-0.2, -0.15) is 0 Å². The average molecular weight is 168 g/mol. The molecule has 2 nitrogen and oxygen atoms in total. The summed E-state index contributed by atoms with van der Waals surface area (Å²) >= 11 is 0. The lowest BCUT2D eigenvalue weighted by Gasteiger charge is -1.89. The van der Waals surface area contributed by atoms with E-state index in [4.69, 9.17) is 5.73 Å². The Bertz CT molecular complexity index is 147. The zero-order chi connectivity index (χ0) is 9.98. The molecule has 0 saturated carbocycles. The fourth-order valence-electron chi connectivity index (χ4n) is 0.479. The molecule has 70 valence electrons. The molecule has 0 radical (unpaired) electrons. The fraction of sp³-hybridized carbons (Fsp3) is 0.500. The van der Waals surface area contributed by atoms with Gasteiger partial charge in [-0.15, -0.1) is 0 Å². The first-order valence-corrected chi connectivity index (χ1v) is 4.47. The smallest absolute Gasteiger partial charge is 0.123 e. The van der Waals surface area contributed by atoms with E-state index in [-0.39, 0.29) is 0 Å². The topological polar surface area (TPSA) is 38.9 Å². The maximum Gasteiger partial charge on any atom is 0.123 e. The number of hydrogen-bond acceptors (Lipinski definition) is 2. The number of nitrogens with zero attached hydrogens (tertiary/aromatic N) is 1. The second kappa shape index (κ2) is 9.95. The minimum atomic E-state index is 0.579. The van der Waals surface area contributed by atoms with Crippen LogP contribution in [-0.2, 0) is 0 Å². The highest BCUT2D eigenvalue weighted by atomic mass is 14.8. The first kappa shape index (κ1) is 13.5. The highest BCUT2D eigenvalue weighted by Gasteiger charge is 1.81. The molecule has 0 aliphatic heterocycles. The van der Waals surface area contributed by atoms with Gasteiger partial charge in [0.25, 0.3) is 0 Å². The van der Waals surface area contributed by atoms with Crippen LogP contribution < -0.4 is 5.73 Å². The minimum absolute atomic E-state index is 0.579. The molecule has 0 bridgehead atoms. The van der Waals surface area contributed by atoms with Crippen molar-refractivity contribution in [1.82, 2.24) is 4.98 Å². The lowest BCUT2D eigenvalue weighted by atomic mass is 10.3. The van der Waals surface area contributed by atoms with Crippen molar-refractivity contribution in [1.29, 1.82) is 0 Å². The Morgan fingerprint density at radius 1 is 1.08 bits per heavy atom. The Labute approximate surface area is 75.8 Å². The maximum atomic E-state index is 5.32. The van der Waals surface area contributed by atoms with E-state index in [0.29, 0.717) is 5.82 Å². The van der Waals surface area contributed by atoms with Crippen LogP contribution in [0.4, 0.5) is 5.82 Å². The van der Waals surface area contributed by atoms with Crippen LogP contribution in [0.2, 0.25) is 0 Å². The number of nitrogen functional groups attached to an aromatic ring is 1. The molecular weight excluding hydrogens is 148 g/mol. The van der Waals surface area contributed by atoms with E-state index in [0.717, 1.165) is 5.56 Å². The summed E-state index contributed by atoms with van der Waals surface area (Å²) < 4.78 is 0. The number of nitrogens with two attached hydrogens (primary N) is 1. The van der Waals surface area contributed by atoms with Gasteiger partial charge in [0.1, 0.15) is 5.82 Å². The van der Waals surface area contributed by atoms with Crippen LogP contribution in [0.5, 0.6) is 0 Å².